The van der Waals surface area contributed by atoms with Crippen molar-refractivity contribution in [3.05, 3.63) is 0 Å². The lowest BCUT2D eigenvalue weighted by atomic mass is 9.50. The highest BCUT2D eigenvalue weighted by atomic mass is 16.6. The Morgan fingerprint density at radius 1 is 1.21 bits per heavy atom. The SMILES string of the molecule is CC1(OC(=O)COCCO)C2CC3CC(C2)CC1C3.[HH].[HH].[HH].[HH].[HH]. The molecule has 0 aromatic carbocycles. The summed E-state index contributed by atoms with van der Waals surface area (Å²) in [4.78, 5) is 11.9. The van der Waals surface area contributed by atoms with Gasteiger partial charge in [0.05, 0.1) is 13.2 Å². The molecule has 0 aromatic heterocycles. The molecule has 0 radical (unpaired) electrons. The maximum absolute atomic E-state index is 11.9. The zero-order chi connectivity index (χ0) is 13.5. The zero-order valence-electron chi connectivity index (χ0n) is 11.6. The van der Waals surface area contributed by atoms with Crippen LogP contribution in [-0.2, 0) is 14.3 Å². The smallest absolute Gasteiger partial charge is 0.332 e. The van der Waals surface area contributed by atoms with E-state index in [1.165, 1.54) is 32.1 Å². The van der Waals surface area contributed by atoms with Gasteiger partial charge in [0, 0.05) is 7.13 Å². The van der Waals surface area contributed by atoms with Gasteiger partial charge in [0.25, 0.3) is 0 Å². The van der Waals surface area contributed by atoms with Crippen molar-refractivity contribution in [1.29, 1.82) is 0 Å². The van der Waals surface area contributed by atoms with Gasteiger partial charge in [0.15, 0.2) is 0 Å². The van der Waals surface area contributed by atoms with Crippen molar-refractivity contribution in [2.24, 2.45) is 23.7 Å². The largest absolute Gasteiger partial charge is 0.457 e. The first-order valence-corrected chi connectivity index (χ1v) is 7.52. The van der Waals surface area contributed by atoms with E-state index in [9.17, 15) is 4.79 Å². The van der Waals surface area contributed by atoms with E-state index in [1.807, 2.05) is 0 Å². The van der Waals surface area contributed by atoms with Crippen molar-refractivity contribution >= 4 is 5.97 Å². The van der Waals surface area contributed by atoms with Crippen molar-refractivity contribution < 1.29 is 26.5 Å². The van der Waals surface area contributed by atoms with Crippen LogP contribution in [0.4, 0.5) is 0 Å². The molecule has 0 aliphatic heterocycles. The Labute approximate surface area is 121 Å². The standard InChI is InChI=1S/C15H24O4.5H2/c1-15(19-14(17)9-18-3-2-16)12-5-10-4-11(7-12)8-13(15)6-10;;;;;/h10-13,16H,2-9H2,1H3;5*1H. The summed E-state index contributed by atoms with van der Waals surface area (Å²) >= 11 is 0. The van der Waals surface area contributed by atoms with E-state index in [0.717, 1.165) is 11.8 Å². The van der Waals surface area contributed by atoms with Crippen LogP contribution in [0.1, 0.15) is 46.2 Å². The second kappa shape index (κ2) is 5.06. The lowest BCUT2D eigenvalue weighted by Crippen LogP contribution is -2.58. The van der Waals surface area contributed by atoms with Crippen molar-refractivity contribution in [3.8, 4) is 0 Å². The van der Waals surface area contributed by atoms with E-state index in [4.69, 9.17) is 14.6 Å². The van der Waals surface area contributed by atoms with Gasteiger partial charge in [-0.05, 0) is 62.7 Å². The van der Waals surface area contributed by atoms with Gasteiger partial charge in [0.2, 0.25) is 0 Å². The number of hydrogen-bond donors (Lipinski definition) is 1. The fourth-order valence-corrected chi connectivity index (χ4v) is 4.78. The second-order valence-electron chi connectivity index (χ2n) is 6.74. The van der Waals surface area contributed by atoms with E-state index >= 15 is 0 Å². The highest BCUT2D eigenvalue weighted by Crippen LogP contribution is 2.59. The number of aliphatic hydroxyl groups excluding tert-OH is 1. The molecule has 4 saturated carbocycles. The summed E-state index contributed by atoms with van der Waals surface area (Å²) in [6, 6.07) is 0. The maximum Gasteiger partial charge on any atom is 0.332 e. The molecule has 4 heteroatoms. The summed E-state index contributed by atoms with van der Waals surface area (Å²) in [5, 5.41) is 8.64. The van der Waals surface area contributed by atoms with Crippen LogP contribution in [0.3, 0.4) is 0 Å². The molecule has 4 fully saturated rings. The van der Waals surface area contributed by atoms with Crippen LogP contribution in [0.5, 0.6) is 0 Å². The molecule has 0 heterocycles. The lowest BCUT2D eigenvalue weighted by Gasteiger charge is -2.59. The van der Waals surface area contributed by atoms with Gasteiger partial charge in [0.1, 0.15) is 12.2 Å². The van der Waals surface area contributed by atoms with Gasteiger partial charge < -0.3 is 14.6 Å². The first-order chi connectivity index (χ1) is 9.11. The van der Waals surface area contributed by atoms with E-state index in [0.29, 0.717) is 11.8 Å². The molecule has 118 valence electrons. The third kappa shape index (κ3) is 2.40. The van der Waals surface area contributed by atoms with Gasteiger partial charge in [-0.1, -0.05) is 0 Å². The quantitative estimate of drug-likeness (QED) is 0.620. The fraction of sp³-hybridized carbons (Fsp3) is 0.933. The Morgan fingerprint density at radius 3 is 2.32 bits per heavy atom. The van der Waals surface area contributed by atoms with Crippen LogP contribution in [0.15, 0.2) is 0 Å². The predicted octanol–water partition coefficient (Wildman–Crippen LogP) is 2.98. The molecule has 4 aliphatic carbocycles. The van der Waals surface area contributed by atoms with Crippen molar-refractivity contribution in [3.63, 3.8) is 0 Å². The van der Waals surface area contributed by atoms with Crippen LogP contribution in [0.25, 0.3) is 0 Å². The Bertz CT molecular complexity index is 342. The van der Waals surface area contributed by atoms with Gasteiger partial charge in [-0.3, -0.25) is 0 Å². The van der Waals surface area contributed by atoms with E-state index in [1.54, 1.807) is 0 Å². The molecular formula is C15H34O4. The number of rotatable bonds is 5. The normalized spacial score (nSPS) is 43.5. The van der Waals surface area contributed by atoms with E-state index in [2.05, 4.69) is 6.92 Å². The molecule has 4 rings (SSSR count). The minimum Gasteiger partial charge on any atom is -0.457 e. The minimum absolute atomic E-state index is 0. The van der Waals surface area contributed by atoms with Crippen LogP contribution in [-0.4, -0.2) is 36.5 Å². The minimum atomic E-state index is -0.275. The predicted molar refractivity (Wildman–Crippen MR) is 80.0 cm³/mol. The molecule has 0 aromatic rings. The van der Waals surface area contributed by atoms with Crippen molar-refractivity contribution in [1.82, 2.24) is 0 Å². The zero-order valence-corrected chi connectivity index (χ0v) is 11.6. The number of aliphatic hydroxyl groups is 1. The summed E-state index contributed by atoms with van der Waals surface area (Å²) in [5.74, 6) is 2.57. The summed E-state index contributed by atoms with van der Waals surface area (Å²) in [6.07, 6.45) is 6.32. The third-order valence-corrected chi connectivity index (χ3v) is 5.55. The molecule has 4 aliphatic rings. The number of carbonyl (C=O) groups excluding carboxylic acids is 1. The summed E-state index contributed by atoms with van der Waals surface area (Å²) in [7, 11) is 0. The first-order valence-electron chi connectivity index (χ1n) is 7.52. The monoisotopic (exact) mass is 278 g/mol. The molecule has 0 saturated heterocycles. The Balaban J connectivity index is -0.000000882. The molecule has 0 amide bonds. The third-order valence-electron chi connectivity index (χ3n) is 5.55. The average Bonchev–Trinajstić information content (AvgIpc) is 2.35. The number of esters is 1. The molecule has 4 nitrogen and oxygen atoms in total. The van der Waals surface area contributed by atoms with Gasteiger partial charge in [-0.2, -0.15) is 0 Å². The maximum atomic E-state index is 11.9. The molecule has 0 unspecified atom stereocenters. The lowest BCUT2D eigenvalue weighted by molar-refractivity contribution is -0.206. The van der Waals surface area contributed by atoms with Gasteiger partial charge >= 0.3 is 5.97 Å². The molecule has 0 atom stereocenters. The number of carbonyl (C=O) groups is 1. The topological polar surface area (TPSA) is 55.8 Å². The Kier molecular flexibility index (Phi) is 3.56. The van der Waals surface area contributed by atoms with Gasteiger partial charge in [-0.25, -0.2) is 4.79 Å². The molecular weight excluding hydrogens is 244 g/mol. The first kappa shape index (κ1) is 13.4. The molecule has 0 spiro atoms. The number of hydrogen-bond acceptors (Lipinski definition) is 4. The second-order valence-corrected chi connectivity index (χ2v) is 6.74. The van der Waals surface area contributed by atoms with Crippen molar-refractivity contribution in [2.75, 3.05) is 19.8 Å². The summed E-state index contributed by atoms with van der Waals surface area (Å²) < 4.78 is 10.9. The highest BCUT2D eigenvalue weighted by Gasteiger charge is 2.56. The highest BCUT2D eigenvalue weighted by molar-refractivity contribution is 5.71. The summed E-state index contributed by atoms with van der Waals surface area (Å²) in [5.41, 5.74) is -0.271. The molecule has 1 N–H and O–H groups in total. The van der Waals surface area contributed by atoms with Crippen LogP contribution in [0, 0.1) is 23.7 Å². The number of ether oxygens (including phenoxy) is 2. The van der Waals surface area contributed by atoms with Crippen LogP contribution < -0.4 is 0 Å². The average molecular weight is 278 g/mol. The van der Waals surface area contributed by atoms with E-state index in [-0.39, 0.29) is 38.5 Å². The summed E-state index contributed by atoms with van der Waals surface area (Å²) in [6.45, 7) is 2.23. The van der Waals surface area contributed by atoms with Gasteiger partial charge in [-0.15, -0.1) is 0 Å². The van der Waals surface area contributed by atoms with E-state index < -0.39 is 0 Å². The molecule has 4 bridgehead atoms. The Morgan fingerprint density at radius 2 is 1.79 bits per heavy atom. The fourth-order valence-electron chi connectivity index (χ4n) is 4.78. The molecule has 19 heavy (non-hydrogen) atoms. The van der Waals surface area contributed by atoms with Crippen LogP contribution >= 0.6 is 0 Å². The van der Waals surface area contributed by atoms with Crippen molar-refractivity contribution in [2.45, 2.75) is 44.6 Å². The van der Waals surface area contributed by atoms with Crippen LogP contribution in [0.2, 0.25) is 0 Å². The Hall–Kier alpha value is -0.610.